The second-order valence-electron chi connectivity index (χ2n) is 7.07. The first-order valence-electron chi connectivity index (χ1n) is 9.54. The van der Waals surface area contributed by atoms with Crippen molar-refractivity contribution < 1.29 is 19.0 Å². The molecule has 3 rings (SSSR count). The van der Waals surface area contributed by atoms with Crippen LogP contribution in [0.3, 0.4) is 0 Å². The standard InChI is InChI=1S/C21H29NO4/c1-24-18-9-6-10-19(20(18)25-2)26-17-13-11-16(12-14-17)22-21(23)15-7-4-3-5-8-15/h3-4,6,9-10,15-17H,5,7-8,11-14H2,1-2H3,(H,22,23). The zero-order chi connectivity index (χ0) is 18.4. The van der Waals surface area contributed by atoms with Crippen molar-refractivity contribution in [3.05, 3.63) is 30.4 Å². The minimum Gasteiger partial charge on any atom is -0.493 e. The molecule has 0 spiro atoms. The third-order valence-corrected chi connectivity index (χ3v) is 5.32. The number of carbonyl (C=O) groups is 1. The number of nitrogens with one attached hydrogen (secondary N) is 1. The lowest BCUT2D eigenvalue weighted by Gasteiger charge is -2.31. The fraction of sp³-hybridized carbons (Fsp3) is 0.571. The van der Waals surface area contributed by atoms with Crippen LogP contribution in [-0.4, -0.2) is 32.3 Å². The van der Waals surface area contributed by atoms with Gasteiger partial charge in [-0.1, -0.05) is 18.2 Å². The molecule has 0 saturated heterocycles. The molecule has 0 heterocycles. The first-order valence-corrected chi connectivity index (χ1v) is 9.54. The molecule has 0 radical (unpaired) electrons. The normalized spacial score (nSPS) is 25.4. The van der Waals surface area contributed by atoms with E-state index < -0.39 is 0 Å². The van der Waals surface area contributed by atoms with Gasteiger partial charge >= 0.3 is 0 Å². The van der Waals surface area contributed by atoms with Gasteiger partial charge in [0.1, 0.15) is 0 Å². The number of methoxy groups -OCH3 is 2. The Labute approximate surface area is 155 Å². The van der Waals surface area contributed by atoms with Crippen molar-refractivity contribution in [2.24, 2.45) is 5.92 Å². The van der Waals surface area contributed by atoms with E-state index in [4.69, 9.17) is 14.2 Å². The van der Waals surface area contributed by atoms with Crippen LogP contribution in [0.1, 0.15) is 44.9 Å². The van der Waals surface area contributed by atoms with Crippen molar-refractivity contribution >= 4 is 5.91 Å². The van der Waals surface area contributed by atoms with Crippen LogP contribution >= 0.6 is 0 Å². The Kier molecular flexibility index (Phi) is 6.42. The van der Waals surface area contributed by atoms with Crippen LogP contribution < -0.4 is 19.5 Å². The van der Waals surface area contributed by atoms with Gasteiger partial charge in [0.2, 0.25) is 11.7 Å². The Bertz CT molecular complexity index is 635. The Balaban J connectivity index is 1.50. The van der Waals surface area contributed by atoms with E-state index in [1.165, 1.54) is 0 Å². The summed E-state index contributed by atoms with van der Waals surface area (Å²) in [7, 11) is 3.25. The molecule has 1 atom stereocenters. The Morgan fingerprint density at radius 2 is 1.77 bits per heavy atom. The Morgan fingerprint density at radius 3 is 2.42 bits per heavy atom. The summed E-state index contributed by atoms with van der Waals surface area (Å²) in [6, 6.07) is 5.94. The molecule has 0 aliphatic heterocycles. The summed E-state index contributed by atoms with van der Waals surface area (Å²) in [6.07, 6.45) is 11.0. The molecule has 1 N–H and O–H groups in total. The maximum atomic E-state index is 12.4. The molecule has 1 amide bonds. The predicted molar refractivity (Wildman–Crippen MR) is 101 cm³/mol. The average Bonchev–Trinajstić information content (AvgIpc) is 2.69. The summed E-state index contributed by atoms with van der Waals surface area (Å²) >= 11 is 0. The number of hydrogen-bond acceptors (Lipinski definition) is 4. The first-order chi connectivity index (χ1) is 12.7. The summed E-state index contributed by atoms with van der Waals surface area (Å²) in [5.41, 5.74) is 0. The SMILES string of the molecule is COc1cccc(OC2CCC(NC(=O)C3CC=CCC3)CC2)c1OC. The quantitative estimate of drug-likeness (QED) is 0.784. The van der Waals surface area contributed by atoms with Crippen LogP contribution in [0.15, 0.2) is 30.4 Å². The molecule has 1 fully saturated rings. The number of hydrogen-bond donors (Lipinski definition) is 1. The molecule has 5 nitrogen and oxygen atoms in total. The van der Waals surface area contributed by atoms with Gasteiger partial charge < -0.3 is 19.5 Å². The van der Waals surface area contributed by atoms with Gasteiger partial charge in [0.05, 0.1) is 20.3 Å². The summed E-state index contributed by atoms with van der Waals surface area (Å²) in [5.74, 6) is 2.39. The zero-order valence-electron chi connectivity index (χ0n) is 15.7. The van der Waals surface area contributed by atoms with Crippen molar-refractivity contribution in [1.82, 2.24) is 5.32 Å². The minimum atomic E-state index is 0.141. The van der Waals surface area contributed by atoms with E-state index in [1.807, 2.05) is 18.2 Å². The first kappa shape index (κ1) is 18.6. The molecule has 1 saturated carbocycles. The van der Waals surface area contributed by atoms with Crippen LogP contribution in [0.5, 0.6) is 17.2 Å². The highest BCUT2D eigenvalue weighted by molar-refractivity contribution is 5.79. The lowest BCUT2D eigenvalue weighted by molar-refractivity contribution is -0.126. The highest BCUT2D eigenvalue weighted by Gasteiger charge is 2.27. The van der Waals surface area contributed by atoms with E-state index in [0.29, 0.717) is 17.2 Å². The second kappa shape index (κ2) is 8.97. The van der Waals surface area contributed by atoms with Gasteiger partial charge in [0, 0.05) is 12.0 Å². The number of carbonyl (C=O) groups excluding carboxylic acids is 1. The van der Waals surface area contributed by atoms with Gasteiger partial charge in [-0.15, -0.1) is 0 Å². The topological polar surface area (TPSA) is 56.8 Å². The molecule has 1 aromatic carbocycles. The Hall–Kier alpha value is -2.17. The van der Waals surface area contributed by atoms with Crippen LogP contribution in [0.2, 0.25) is 0 Å². The zero-order valence-corrected chi connectivity index (χ0v) is 15.7. The van der Waals surface area contributed by atoms with Gasteiger partial charge in [-0.2, -0.15) is 0 Å². The van der Waals surface area contributed by atoms with Gasteiger partial charge in [-0.3, -0.25) is 4.79 Å². The molecule has 142 valence electrons. The van der Waals surface area contributed by atoms with Crippen molar-refractivity contribution in [1.29, 1.82) is 0 Å². The lowest BCUT2D eigenvalue weighted by atomic mass is 9.90. The van der Waals surface area contributed by atoms with Gasteiger partial charge in [0.25, 0.3) is 0 Å². The van der Waals surface area contributed by atoms with E-state index in [9.17, 15) is 4.79 Å². The van der Waals surface area contributed by atoms with E-state index in [2.05, 4.69) is 17.5 Å². The van der Waals surface area contributed by atoms with Crippen LogP contribution in [-0.2, 0) is 4.79 Å². The third kappa shape index (κ3) is 4.51. The van der Waals surface area contributed by atoms with E-state index in [0.717, 1.165) is 44.9 Å². The maximum absolute atomic E-state index is 12.4. The summed E-state index contributed by atoms with van der Waals surface area (Å²) in [6.45, 7) is 0. The van der Waals surface area contributed by atoms with Crippen LogP contribution in [0, 0.1) is 5.92 Å². The Morgan fingerprint density at radius 1 is 1.00 bits per heavy atom. The molecule has 2 aliphatic carbocycles. The molecule has 1 aromatic rings. The number of ether oxygens (including phenoxy) is 3. The van der Waals surface area contributed by atoms with Gasteiger partial charge in [-0.25, -0.2) is 0 Å². The van der Waals surface area contributed by atoms with E-state index >= 15 is 0 Å². The van der Waals surface area contributed by atoms with Crippen molar-refractivity contribution in [3.63, 3.8) is 0 Å². The highest BCUT2D eigenvalue weighted by atomic mass is 16.5. The monoisotopic (exact) mass is 359 g/mol. The van der Waals surface area contributed by atoms with Crippen molar-refractivity contribution in [2.45, 2.75) is 57.1 Å². The van der Waals surface area contributed by atoms with Gasteiger partial charge in [0.15, 0.2) is 11.5 Å². The molecule has 26 heavy (non-hydrogen) atoms. The molecular formula is C21H29NO4. The van der Waals surface area contributed by atoms with Crippen molar-refractivity contribution in [3.8, 4) is 17.2 Å². The van der Waals surface area contributed by atoms with Crippen LogP contribution in [0.25, 0.3) is 0 Å². The maximum Gasteiger partial charge on any atom is 0.223 e. The number of para-hydroxylation sites is 1. The summed E-state index contributed by atoms with van der Waals surface area (Å²) in [4.78, 5) is 12.4. The average molecular weight is 359 g/mol. The smallest absolute Gasteiger partial charge is 0.223 e. The third-order valence-electron chi connectivity index (χ3n) is 5.32. The minimum absolute atomic E-state index is 0.141. The van der Waals surface area contributed by atoms with Crippen LogP contribution in [0.4, 0.5) is 0 Å². The predicted octanol–water partition coefficient (Wildman–Crippen LogP) is 3.87. The van der Waals surface area contributed by atoms with E-state index in [1.54, 1.807) is 14.2 Å². The highest BCUT2D eigenvalue weighted by Crippen LogP contribution is 2.38. The summed E-state index contributed by atoms with van der Waals surface area (Å²) < 4.78 is 16.9. The fourth-order valence-corrected chi connectivity index (χ4v) is 3.81. The summed E-state index contributed by atoms with van der Waals surface area (Å²) in [5, 5.41) is 3.24. The lowest BCUT2D eigenvalue weighted by Crippen LogP contribution is -2.42. The second-order valence-corrected chi connectivity index (χ2v) is 7.07. The number of allylic oxidation sites excluding steroid dienone is 2. The van der Waals surface area contributed by atoms with E-state index in [-0.39, 0.29) is 24.0 Å². The fourth-order valence-electron chi connectivity index (χ4n) is 3.81. The molecular weight excluding hydrogens is 330 g/mol. The number of amides is 1. The number of rotatable bonds is 6. The molecule has 1 unspecified atom stereocenters. The molecule has 2 aliphatic rings. The number of benzene rings is 1. The van der Waals surface area contributed by atoms with Gasteiger partial charge in [-0.05, 0) is 57.1 Å². The molecule has 0 aromatic heterocycles. The largest absolute Gasteiger partial charge is 0.493 e. The molecule has 0 bridgehead atoms. The van der Waals surface area contributed by atoms with Crippen molar-refractivity contribution in [2.75, 3.05) is 14.2 Å². The molecule has 5 heteroatoms.